The molecule has 0 spiro atoms. The van der Waals surface area contributed by atoms with Gasteiger partial charge in [0.2, 0.25) is 10.0 Å². The summed E-state index contributed by atoms with van der Waals surface area (Å²) >= 11 is 3.30. The van der Waals surface area contributed by atoms with Gasteiger partial charge in [-0.15, -0.1) is 0 Å². The number of nitrogens with zero attached hydrogens (tertiary/aromatic N) is 1. The number of ether oxygens (including phenoxy) is 1. The second-order valence-corrected chi connectivity index (χ2v) is 9.55. The summed E-state index contributed by atoms with van der Waals surface area (Å²) in [5, 5.41) is 2.87. The lowest BCUT2D eigenvalue weighted by molar-refractivity contribution is 0.183. The fourth-order valence-corrected chi connectivity index (χ4v) is 4.59. The van der Waals surface area contributed by atoms with Crippen LogP contribution in [0.5, 0.6) is 5.75 Å². The number of hydrogen-bond acceptors (Lipinski definition) is 4. The van der Waals surface area contributed by atoms with E-state index in [-0.39, 0.29) is 16.8 Å². The third kappa shape index (κ3) is 5.71. The van der Waals surface area contributed by atoms with Crippen LogP contribution in [0.25, 0.3) is 0 Å². The number of nitrogens with one attached hydrogen (secondary N) is 2. The van der Waals surface area contributed by atoms with Gasteiger partial charge in [-0.2, -0.15) is 0 Å². The van der Waals surface area contributed by atoms with Crippen molar-refractivity contribution in [1.82, 2.24) is 9.62 Å². The number of likely N-dealkylation sites (tertiary alicyclic amines) is 1. The van der Waals surface area contributed by atoms with E-state index in [4.69, 9.17) is 4.74 Å². The first-order valence-electron chi connectivity index (χ1n) is 9.33. The van der Waals surface area contributed by atoms with Gasteiger partial charge in [0.25, 0.3) is 0 Å². The zero-order valence-corrected chi connectivity index (χ0v) is 18.5. The van der Waals surface area contributed by atoms with Gasteiger partial charge in [0.05, 0.1) is 17.7 Å². The molecule has 0 aromatic heterocycles. The van der Waals surface area contributed by atoms with Gasteiger partial charge >= 0.3 is 6.03 Å². The molecular weight excluding hydrogens is 458 g/mol. The van der Waals surface area contributed by atoms with Crippen LogP contribution in [-0.2, 0) is 10.0 Å². The lowest BCUT2D eigenvalue weighted by Gasteiger charge is -2.32. The Morgan fingerprint density at radius 2 is 1.79 bits per heavy atom. The van der Waals surface area contributed by atoms with Crippen LogP contribution < -0.4 is 14.8 Å². The number of urea groups is 1. The van der Waals surface area contributed by atoms with E-state index in [1.807, 2.05) is 12.1 Å². The number of sulfonamides is 1. The number of hydrogen-bond donors (Lipinski definition) is 2. The summed E-state index contributed by atoms with van der Waals surface area (Å²) in [7, 11) is -1.97. The lowest BCUT2D eigenvalue weighted by Crippen LogP contribution is -2.43. The molecule has 3 rings (SSSR count). The van der Waals surface area contributed by atoms with Gasteiger partial charge in [-0.25, -0.2) is 17.9 Å². The van der Waals surface area contributed by atoms with E-state index in [1.54, 1.807) is 48.4 Å². The van der Waals surface area contributed by atoms with Crippen LogP contribution >= 0.6 is 15.9 Å². The maximum Gasteiger partial charge on any atom is 0.321 e. The fraction of sp³-hybridized carbons (Fsp3) is 0.350. The van der Waals surface area contributed by atoms with Crippen molar-refractivity contribution >= 4 is 37.7 Å². The number of carbonyl (C=O) groups excluding carboxylic acids is 1. The van der Waals surface area contributed by atoms with E-state index < -0.39 is 10.0 Å². The van der Waals surface area contributed by atoms with E-state index >= 15 is 0 Å². The summed E-state index contributed by atoms with van der Waals surface area (Å²) in [5.74, 6) is 0.800. The standard InChI is InChI=1S/C20H24BrN3O4S/c1-28-19-5-3-2-4-18(19)23-20(25)24-12-10-15(11-13-24)14-22-29(26,27)17-8-6-16(21)7-9-17/h2-9,15,22H,10-14H2,1H3,(H,23,25). The smallest absolute Gasteiger partial charge is 0.321 e. The summed E-state index contributed by atoms with van der Waals surface area (Å²) in [6.07, 6.45) is 1.48. The van der Waals surface area contributed by atoms with Gasteiger partial charge in [0, 0.05) is 24.1 Å². The molecule has 0 bridgehead atoms. The van der Waals surface area contributed by atoms with Crippen LogP contribution in [0.4, 0.5) is 10.5 Å². The van der Waals surface area contributed by atoms with Crippen LogP contribution in [0, 0.1) is 5.92 Å². The first-order chi connectivity index (χ1) is 13.9. The average molecular weight is 482 g/mol. The number of piperidine rings is 1. The van der Waals surface area contributed by atoms with E-state index in [2.05, 4.69) is 26.0 Å². The highest BCUT2D eigenvalue weighted by atomic mass is 79.9. The first-order valence-corrected chi connectivity index (χ1v) is 11.6. The first kappa shape index (κ1) is 21.6. The SMILES string of the molecule is COc1ccccc1NC(=O)N1CCC(CNS(=O)(=O)c2ccc(Br)cc2)CC1. The maximum atomic E-state index is 12.5. The summed E-state index contributed by atoms with van der Waals surface area (Å²) < 4.78 is 33.6. The Balaban J connectivity index is 1.49. The van der Waals surface area contributed by atoms with Crippen LogP contribution in [-0.4, -0.2) is 46.1 Å². The molecule has 2 N–H and O–H groups in total. The number of amides is 2. The van der Waals surface area contributed by atoms with Gasteiger partial charge < -0.3 is 15.0 Å². The molecule has 0 radical (unpaired) electrons. The predicted molar refractivity (Wildman–Crippen MR) is 116 cm³/mol. The quantitative estimate of drug-likeness (QED) is 0.658. The minimum atomic E-state index is -3.53. The second kappa shape index (κ2) is 9.60. The molecule has 2 amide bonds. The predicted octanol–water partition coefficient (Wildman–Crippen LogP) is 3.68. The highest BCUT2D eigenvalue weighted by Gasteiger charge is 2.25. The fourth-order valence-electron chi connectivity index (χ4n) is 3.21. The molecule has 1 aliphatic heterocycles. The third-order valence-electron chi connectivity index (χ3n) is 4.94. The Bertz CT molecular complexity index is 942. The number of para-hydroxylation sites is 2. The molecule has 0 unspecified atom stereocenters. The van der Waals surface area contributed by atoms with E-state index in [0.717, 1.165) is 17.3 Å². The molecular formula is C20H24BrN3O4S. The van der Waals surface area contributed by atoms with E-state index in [1.165, 1.54) is 0 Å². The minimum Gasteiger partial charge on any atom is -0.495 e. The summed E-state index contributed by atoms with van der Waals surface area (Å²) in [6.45, 7) is 1.51. The van der Waals surface area contributed by atoms with Crippen molar-refractivity contribution in [2.45, 2.75) is 17.7 Å². The van der Waals surface area contributed by atoms with Crippen molar-refractivity contribution in [2.24, 2.45) is 5.92 Å². The maximum absolute atomic E-state index is 12.5. The number of anilines is 1. The van der Waals surface area contributed by atoms with Crippen LogP contribution in [0.1, 0.15) is 12.8 Å². The summed E-state index contributed by atoms with van der Waals surface area (Å²) in [5.41, 5.74) is 0.629. The van der Waals surface area contributed by atoms with Gasteiger partial charge in [-0.1, -0.05) is 28.1 Å². The van der Waals surface area contributed by atoms with Gasteiger partial charge in [0.1, 0.15) is 5.75 Å². The largest absolute Gasteiger partial charge is 0.495 e. The van der Waals surface area contributed by atoms with Crippen LogP contribution in [0.2, 0.25) is 0 Å². The molecule has 1 aliphatic rings. The zero-order valence-electron chi connectivity index (χ0n) is 16.1. The molecule has 1 saturated heterocycles. The molecule has 0 atom stereocenters. The van der Waals surface area contributed by atoms with Gasteiger partial charge in [-0.05, 0) is 55.2 Å². The Kier molecular flexibility index (Phi) is 7.15. The molecule has 29 heavy (non-hydrogen) atoms. The number of rotatable bonds is 6. The molecule has 0 saturated carbocycles. The highest BCUT2D eigenvalue weighted by molar-refractivity contribution is 9.10. The third-order valence-corrected chi connectivity index (χ3v) is 6.90. The Morgan fingerprint density at radius 3 is 2.45 bits per heavy atom. The number of halogens is 1. The normalized spacial score (nSPS) is 15.2. The Morgan fingerprint density at radius 1 is 1.14 bits per heavy atom. The van der Waals surface area contributed by atoms with Crippen molar-refractivity contribution in [3.05, 3.63) is 53.0 Å². The zero-order chi connectivity index (χ0) is 20.9. The van der Waals surface area contributed by atoms with Crippen molar-refractivity contribution in [3.63, 3.8) is 0 Å². The summed E-state index contributed by atoms with van der Waals surface area (Å²) in [4.78, 5) is 14.5. The second-order valence-electron chi connectivity index (χ2n) is 6.87. The van der Waals surface area contributed by atoms with Gasteiger partial charge in [0.15, 0.2) is 0 Å². The number of carbonyl (C=O) groups is 1. The van der Waals surface area contributed by atoms with Crippen molar-refractivity contribution < 1.29 is 17.9 Å². The molecule has 2 aromatic rings. The van der Waals surface area contributed by atoms with Crippen LogP contribution in [0.3, 0.4) is 0 Å². The monoisotopic (exact) mass is 481 g/mol. The lowest BCUT2D eigenvalue weighted by atomic mass is 9.97. The molecule has 7 nitrogen and oxygen atoms in total. The topological polar surface area (TPSA) is 87.7 Å². The van der Waals surface area contributed by atoms with Crippen molar-refractivity contribution in [2.75, 3.05) is 32.1 Å². The molecule has 1 fully saturated rings. The molecule has 2 aromatic carbocycles. The van der Waals surface area contributed by atoms with Gasteiger partial charge in [-0.3, -0.25) is 0 Å². The Hall–Kier alpha value is -2.10. The summed E-state index contributed by atoms with van der Waals surface area (Å²) in [6, 6.07) is 13.6. The molecule has 156 valence electrons. The molecule has 1 heterocycles. The minimum absolute atomic E-state index is 0.177. The van der Waals surface area contributed by atoms with Crippen molar-refractivity contribution in [1.29, 1.82) is 0 Å². The van der Waals surface area contributed by atoms with E-state index in [0.29, 0.717) is 31.1 Å². The van der Waals surface area contributed by atoms with Crippen LogP contribution in [0.15, 0.2) is 57.9 Å². The molecule has 0 aliphatic carbocycles. The average Bonchev–Trinajstić information content (AvgIpc) is 2.73. The van der Waals surface area contributed by atoms with E-state index in [9.17, 15) is 13.2 Å². The van der Waals surface area contributed by atoms with Crippen molar-refractivity contribution in [3.8, 4) is 5.75 Å². The number of methoxy groups -OCH3 is 1. The molecule has 9 heteroatoms. The highest BCUT2D eigenvalue weighted by Crippen LogP contribution is 2.24. The Labute approximate surface area is 179 Å². The number of benzene rings is 2.